The van der Waals surface area contributed by atoms with E-state index in [0.29, 0.717) is 17.4 Å². The minimum Gasteiger partial charge on any atom is -0.422 e. The van der Waals surface area contributed by atoms with Crippen molar-refractivity contribution < 1.29 is 14.3 Å². The molecule has 0 radical (unpaired) electrons. The van der Waals surface area contributed by atoms with Crippen LogP contribution in [-0.4, -0.2) is 12.3 Å². The maximum Gasteiger partial charge on any atom is 0.343 e. The molecule has 3 nitrogen and oxygen atoms in total. The van der Waals surface area contributed by atoms with Gasteiger partial charge in [-0.15, -0.1) is 0 Å². The predicted molar refractivity (Wildman–Crippen MR) is 75.7 cm³/mol. The van der Waals surface area contributed by atoms with Crippen molar-refractivity contribution in [2.45, 2.75) is 6.92 Å². The number of hydrogen-bond donors (Lipinski definition) is 0. The van der Waals surface area contributed by atoms with Gasteiger partial charge < -0.3 is 4.74 Å². The Labute approximate surface area is 119 Å². The molecule has 0 bridgehead atoms. The SMILES string of the molecule is Cc1ccccc1C(=O)Oc1ccc(Br)cc1C=O. The van der Waals surface area contributed by atoms with E-state index in [2.05, 4.69) is 15.9 Å². The molecule has 0 aliphatic heterocycles. The van der Waals surface area contributed by atoms with E-state index < -0.39 is 5.97 Å². The standard InChI is InChI=1S/C15H11BrO3/c1-10-4-2-3-5-13(10)15(18)19-14-7-6-12(16)8-11(14)9-17/h2-9H,1H3. The quantitative estimate of drug-likeness (QED) is 0.491. The summed E-state index contributed by atoms with van der Waals surface area (Å²) in [5, 5.41) is 0. The third-order valence-electron chi connectivity index (χ3n) is 2.67. The lowest BCUT2D eigenvalue weighted by Crippen LogP contribution is -2.11. The fraction of sp³-hybridized carbons (Fsp3) is 0.0667. The Kier molecular flexibility index (Phi) is 4.12. The van der Waals surface area contributed by atoms with Crippen LogP contribution in [0.2, 0.25) is 0 Å². The van der Waals surface area contributed by atoms with Crippen LogP contribution in [-0.2, 0) is 0 Å². The highest BCUT2D eigenvalue weighted by molar-refractivity contribution is 9.10. The van der Waals surface area contributed by atoms with Crippen LogP contribution in [0.5, 0.6) is 5.75 Å². The third-order valence-corrected chi connectivity index (χ3v) is 3.16. The molecule has 96 valence electrons. The van der Waals surface area contributed by atoms with Crippen LogP contribution in [0.1, 0.15) is 26.3 Å². The summed E-state index contributed by atoms with van der Waals surface area (Å²) < 4.78 is 6.02. The van der Waals surface area contributed by atoms with Crippen LogP contribution >= 0.6 is 15.9 Å². The predicted octanol–water partition coefficient (Wildman–Crippen LogP) is 3.79. The van der Waals surface area contributed by atoms with Crippen molar-refractivity contribution >= 4 is 28.2 Å². The monoisotopic (exact) mass is 318 g/mol. The normalized spacial score (nSPS) is 10.0. The molecule has 2 aromatic rings. The highest BCUT2D eigenvalue weighted by atomic mass is 79.9. The van der Waals surface area contributed by atoms with Gasteiger partial charge in [0.05, 0.1) is 11.1 Å². The van der Waals surface area contributed by atoms with E-state index in [9.17, 15) is 9.59 Å². The Morgan fingerprint density at radius 3 is 2.63 bits per heavy atom. The first-order valence-corrected chi connectivity index (χ1v) is 6.43. The van der Waals surface area contributed by atoms with Crippen molar-refractivity contribution in [3.8, 4) is 5.75 Å². The minimum atomic E-state index is -0.469. The van der Waals surface area contributed by atoms with Crippen molar-refractivity contribution in [3.05, 3.63) is 63.6 Å². The maximum atomic E-state index is 12.0. The van der Waals surface area contributed by atoms with Gasteiger partial charge in [-0.3, -0.25) is 4.79 Å². The maximum absolute atomic E-state index is 12.0. The number of carbonyl (C=O) groups is 2. The van der Waals surface area contributed by atoms with Gasteiger partial charge in [-0.25, -0.2) is 4.79 Å². The lowest BCUT2D eigenvalue weighted by atomic mass is 10.1. The van der Waals surface area contributed by atoms with Crippen molar-refractivity contribution in [1.29, 1.82) is 0 Å². The molecule has 0 spiro atoms. The second-order valence-electron chi connectivity index (χ2n) is 4.00. The van der Waals surface area contributed by atoms with Crippen molar-refractivity contribution in [2.24, 2.45) is 0 Å². The molecule has 0 fully saturated rings. The zero-order valence-corrected chi connectivity index (χ0v) is 11.8. The smallest absolute Gasteiger partial charge is 0.343 e. The molecule has 4 heteroatoms. The molecule has 0 unspecified atom stereocenters. The van der Waals surface area contributed by atoms with Gasteiger partial charge in [0.1, 0.15) is 5.75 Å². The van der Waals surface area contributed by atoms with Gasteiger partial charge in [-0.05, 0) is 36.8 Å². The van der Waals surface area contributed by atoms with E-state index in [-0.39, 0.29) is 5.75 Å². The average Bonchev–Trinajstić information content (AvgIpc) is 2.41. The van der Waals surface area contributed by atoms with Gasteiger partial charge >= 0.3 is 5.97 Å². The van der Waals surface area contributed by atoms with Crippen LogP contribution in [0, 0.1) is 6.92 Å². The summed E-state index contributed by atoms with van der Waals surface area (Å²) in [7, 11) is 0. The summed E-state index contributed by atoms with van der Waals surface area (Å²) in [6.07, 6.45) is 0.658. The molecule has 2 rings (SSSR count). The Balaban J connectivity index is 2.29. The number of aldehydes is 1. The fourth-order valence-corrected chi connectivity index (χ4v) is 2.04. The van der Waals surface area contributed by atoms with Crippen LogP contribution < -0.4 is 4.74 Å². The summed E-state index contributed by atoms with van der Waals surface area (Å²) in [5.74, 6) is -0.213. The highest BCUT2D eigenvalue weighted by Crippen LogP contribution is 2.23. The number of aryl methyl sites for hydroxylation is 1. The number of hydrogen-bond acceptors (Lipinski definition) is 3. The van der Waals surface area contributed by atoms with Crippen LogP contribution in [0.15, 0.2) is 46.9 Å². The van der Waals surface area contributed by atoms with Gasteiger partial charge in [-0.2, -0.15) is 0 Å². The molecule has 0 aliphatic carbocycles. The number of rotatable bonds is 3. The molecule has 0 atom stereocenters. The molecule has 0 amide bonds. The third kappa shape index (κ3) is 3.09. The van der Waals surface area contributed by atoms with E-state index in [4.69, 9.17) is 4.74 Å². The van der Waals surface area contributed by atoms with Gasteiger partial charge in [0, 0.05) is 4.47 Å². The second kappa shape index (κ2) is 5.80. The van der Waals surface area contributed by atoms with E-state index in [1.165, 1.54) is 0 Å². The van der Waals surface area contributed by atoms with E-state index in [1.807, 2.05) is 19.1 Å². The summed E-state index contributed by atoms with van der Waals surface area (Å²) in [6.45, 7) is 1.83. The number of halogens is 1. The van der Waals surface area contributed by atoms with Crippen LogP contribution in [0.4, 0.5) is 0 Å². The Morgan fingerprint density at radius 1 is 1.21 bits per heavy atom. The molecule has 0 saturated heterocycles. The number of carbonyl (C=O) groups excluding carboxylic acids is 2. The van der Waals surface area contributed by atoms with Crippen LogP contribution in [0.3, 0.4) is 0 Å². The zero-order valence-electron chi connectivity index (χ0n) is 10.2. The number of esters is 1. The first-order valence-electron chi connectivity index (χ1n) is 5.64. The molecule has 0 heterocycles. The van der Waals surface area contributed by atoms with Crippen LogP contribution in [0.25, 0.3) is 0 Å². The van der Waals surface area contributed by atoms with Gasteiger partial charge in [0.25, 0.3) is 0 Å². The molecule has 2 aromatic carbocycles. The number of benzene rings is 2. The van der Waals surface area contributed by atoms with Crippen molar-refractivity contribution in [1.82, 2.24) is 0 Å². The molecule has 0 N–H and O–H groups in total. The fourth-order valence-electron chi connectivity index (χ4n) is 1.66. The lowest BCUT2D eigenvalue weighted by molar-refractivity contribution is 0.0733. The molecule has 19 heavy (non-hydrogen) atoms. The summed E-state index contributed by atoms with van der Waals surface area (Å²) in [5.41, 5.74) is 1.65. The summed E-state index contributed by atoms with van der Waals surface area (Å²) in [4.78, 5) is 23.0. The molecule has 0 saturated carbocycles. The molecular formula is C15H11BrO3. The van der Waals surface area contributed by atoms with Gasteiger partial charge in [0.2, 0.25) is 0 Å². The zero-order chi connectivity index (χ0) is 13.8. The largest absolute Gasteiger partial charge is 0.422 e. The van der Waals surface area contributed by atoms with Gasteiger partial charge in [0.15, 0.2) is 6.29 Å². The van der Waals surface area contributed by atoms with Gasteiger partial charge in [-0.1, -0.05) is 34.1 Å². The minimum absolute atomic E-state index is 0.256. The molecule has 0 aliphatic rings. The van der Waals surface area contributed by atoms with Crippen molar-refractivity contribution in [2.75, 3.05) is 0 Å². The second-order valence-corrected chi connectivity index (χ2v) is 4.92. The summed E-state index contributed by atoms with van der Waals surface area (Å²) in [6, 6.07) is 12.1. The lowest BCUT2D eigenvalue weighted by Gasteiger charge is -2.08. The first-order chi connectivity index (χ1) is 9.11. The Bertz CT molecular complexity index is 635. The van der Waals surface area contributed by atoms with E-state index >= 15 is 0 Å². The van der Waals surface area contributed by atoms with E-state index in [1.54, 1.807) is 30.3 Å². The van der Waals surface area contributed by atoms with E-state index in [0.717, 1.165) is 10.0 Å². The topological polar surface area (TPSA) is 43.4 Å². The molecular weight excluding hydrogens is 308 g/mol. The average molecular weight is 319 g/mol. The first kappa shape index (κ1) is 13.5. The van der Waals surface area contributed by atoms with Crippen molar-refractivity contribution in [3.63, 3.8) is 0 Å². The Hall–Kier alpha value is -1.94. The highest BCUT2D eigenvalue weighted by Gasteiger charge is 2.13. The molecule has 0 aromatic heterocycles. The summed E-state index contributed by atoms with van der Waals surface area (Å²) >= 11 is 3.26. The number of ether oxygens (including phenoxy) is 1. The Morgan fingerprint density at radius 2 is 1.95 bits per heavy atom.